The van der Waals surface area contributed by atoms with Gasteiger partial charge in [-0.2, -0.15) is 0 Å². The zero-order chi connectivity index (χ0) is 16.1. The van der Waals surface area contributed by atoms with E-state index < -0.39 is 0 Å². The van der Waals surface area contributed by atoms with E-state index in [0.717, 1.165) is 22.6 Å². The maximum absolute atomic E-state index is 12.0. The number of amides is 2. The molecule has 0 unspecified atom stereocenters. The summed E-state index contributed by atoms with van der Waals surface area (Å²) >= 11 is 0. The highest BCUT2D eigenvalue weighted by atomic mass is 16.2. The van der Waals surface area contributed by atoms with E-state index in [1.807, 2.05) is 63.2 Å². The topological polar surface area (TPSA) is 57.3 Å². The van der Waals surface area contributed by atoms with Crippen LogP contribution < -0.4 is 15.5 Å². The second kappa shape index (κ2) is 6.93. The number of aromatic nitrogens is 1. The van der Waals surface area contributed by atoms with Crippen LogP contribution >= 0.6 is 0 Å². The Morgan fingerprint density at radius 1 is 1.18 bits per heavy atom. The summed E-state index contributed by atoms with van der Waals surface area (Å²) < 4.78 is 0. The lowest BCUT2D eigenvalue weighted by atomic mass is 10.1. The van der Waals surface area contributed by atoms with E-state index in [9.17, 15) is 4.79 Å². The first-order valence-corrected chi connectivity index (χ1v) is 7.20. The van der Waals surface area contributed by atoms with Crippen molar-refractivity contribution in [1.82, 2.24) is 10.3 Å². The maximum Gasteiger partial charge on any atom is 0.319 e. The minimum absolute atomic E-state index is 0.213. The number of hydrogen-bond acceptors (Lipinski definition) is 3. The lowest BCUT2D eigenvalue weighted by Gasteiger charge is -2.13. The molecule has 5 nitrogen and oxygen atoms in total. The number of benzene rings is 1. The molecular formula is C17H22N4O. The summed E-state index contributed by atoms with van der Waals surface area (Å²) in [4.78, 5) is 18.2. The average Bonchev–Trinajstić information content (AvgIpc) is 2.48. The SMILES string of the molecule is Cc1ccc(NC(=O)NCc2ccnc(N(C)C)c2)c(C)c1. The molecule has 2 N–H and O–H groups in total. The average molecular weight is 298 g/mol. The van der Waals surface area contributed by atoms with E-state index in [0.29, 0.717) is 6.54 Å². The van der Waals surface area contributed by atoms with Crippen molar-refractivity contribution in [2.45, 2.75) is 20.4 Å². The molecule has 0 aliphatic rings. The van der Waals surface area contributed by atoms with Crippen LogP contribution in [-0.4, -0.2) is 25.1 Å². The predicted octanol–water partition coefficient (Wildman–Crippen LogP) is 3.09. The number of rotatable bonds is 4. The molecule has 0 saturated heterocycles. The molecule has 5 heteroatoms. The molecule has 0 spiro atoms. The Kier molecular flexibility index (Phi) is 4.99. The normalized spacial score (nSPS) is 10.2. The van der Waals surface area contributed by atoms with Crippen LogP contribution in [0.2, 0.25) is 0 Å². The first-order chi connectivity index (χ1) is 10.5. The maximum atomic E-state index is 12.0. The molecule has 116 valence electrons. The van der Waals surface area contributed by atoms with E-state index in [1.165, 1.54) is 5.56 Å². The third kappa shape index (κ3) is 4.22. The van der Waals surface area contributed by atoms with Crippen LogP contribution in [0.1, 0.15) is 16.7 Å². The van der Waals surface area contributed by atoms with Gasteiger partial charge in [0.25, 0.3) is 0 Å². The fourth-order valence-corrected chi connectivity index (χ4v) is 2.12. The Balaban J connectivity index is 1.94. The number of nitrogens with one attached hydrogen (secondary N) is 2. The van der Waals surface area contributed by atoms with Gasteiger partial charge in [-0.1, -0.05) is 17.7 Å². The third-order valence-electron chi connectivity index (χ3n) is 3.35. The molecular weight excluding hydrogens is 276 g/mol. The van der Waals surface area contributed by atoms with Crippen LogP contribution in [0.25, 0.3) is 0 Å². The first-order valence-electron chi connectivity index (χ1n) is 7.20. The van der Waals surface area contributed by atoms with Crippen molar-refractivity contribution in [2.24, 2.45) is 0 Å². The predicted molar refractivity (Wildman–Crippen MR) is 90.3 cm³/mol. The van der Waals surface area contributed by atoms with Gasteiger partial charge in [0.2, 0.25) is 0 Å². The number of nitrogens with zero attached hydrogens (tertiary/aromatic N) is 2. The zero-order valence-corrected chi connectivity index (χ0v) is 13.5. The van der Waals surface area contributed by atoms with Gasteiger partial charge in [0, 0.05) is 32.5 Å². The molecule has 2 amide bonds. The fourth-order valence-electron chi connectivity index (χ4n) is 2.12. The number of urea groups is 1. The van der Waals surface area contributed by atoms with Gasteiger partial charge in [-0.05, 0) is 43.2 Å². The van der Waals surface area contributed by atoms with E-state index in [4.69, 9.17) is 0 Å². The van der Waals surface area contributed by atoms with Crippen molar-refractivity contribution in [3.05, 3.63) is 53.2 Å². The van der Waals surface area contributed by atoms with Gasteiger partial charge in [0.15, 0.2) is 0 Å². The summed E-state index contributed by atoms with van der Waals surface area (Å²) in [7, 11) is 3.87. The van der Waals surface area contributed by atoms with Gasteiger partial charge in [-0.25, -0.2) is 9.78 Å². The Morgan fingerprint density at radius 3 is 2.64 bits per heavy atom. The van der Waals surface area contributed by atoms with Crippen molar-refractivity contribution >= 4 is 17.5 Å². The van der Waals surface area contributed by atoms with Crippen LogP contribution in [0, 0.1) is 13.8 Å². The second-order valence-electron chi connectivity index (χ2n) is 5.54. The van der Waals surface area contributed by atoms with Gasteiger partial charge >= 0.3 is 6.03 Å². The Morgan fingerprint density at radius 2 is 1.95 bits per heavy atom. The summed E-state index contributed by atoms with van der Waals surface area (Å²) in [6, 6.07) is 9.58. The summed E-state index contributed by atoms with van der Waals surface area (Å²) in [5.41, 5.74) is 4.06. The molecule has 1 heterocycles. The molecule has 2 aromatic rings. The quantitative estimate of drug-likeness (QED) is 0.912. The first kappa shape index (κ1) is 15.8. The van der Waals surface area contributed by atoms with Gasteiger partial charge in [-0.3, -0.25) is 0 Å². The van der Waals surface area contributed by atoms with E-state index >= 15 is 0 Å². The number of pyridine rings is 1. The molecule has 0 fully saturated rings. The summed E-state index contributed by atoms with van der Waals surface area (Å²) in [6.45, 7) is 4.47. The number of aryl methyl sites for hydroxylation is 2. The molecule has 1 aromatic carbocycles. The van der Waals surface area contributed by atoms with Gasteiger partial charge in [0.1, 0.15) is 5.82 Å². The van der Waals surface area contributed by atoms with Crippen molar-refractivity contribution in [2.75, 3.05) is 24.3 Å². The fraction of sp³-hybridized carbons (Fsp3) is 0.294. The molecule has 1 aromatic heterocycles. The standard InChI is InChI=1S/C17H22N4O/c1-12-5-6-15(13(2)9-12)20-17(22)19-11-14-7-8-18-16(10-14)21(3)4/h5-10H,11H2,1-4H3,(H2,19,20,22). The molecule has 0 bridgehead atoms. The number of carbonyl (C=O) groups excluding carboxylic acids is 1. The van der Waals surface area contributed by atoms with Crippen molar-refractivity contribution < 1.29 is 4.79 Å². The minimum atomic E-state index is -0.213. The molecule has 0 aliphatic heterocycles. The van der Waals surface area contributed by atoms with E-state index in [2.05, 4.69) is 15.6 Å². The zero-order valence-electron chi connectivity index (χ0n) is 13.5. The van der Waals surface area contributed by atoms with Crippen LogP contribution in [0.4, 0.5) is 16.3 Å². The van der Waals surface area contributed by atoms with Gasteiger partial charge < -0.3 is 15.5 Å². The molecule has 0 aliphatic carbocycles. The molecule has 2 rings (SSSR count). The van der Waals surface area contributed by atoms with Gasteiger partial charge in [-0.15, -0.1) is 0 Å². The van der Waals surface area contributed by atoms with Crippen molar-refractivity contribution in [3.63, 3.8) is 0 Å². The largest absolute Gasteiger partial charge is 0.363 e. The van der Waals surface area contributed by atoms with Crippen molar-refractivity contribution in [1.29, 1.82) is 0 Å². The summed E-state index contributed by atoms with van der Waals surface area (Å²) in [5, 5.41) is 5.73. The monoisotopic (exact) mass is 298 g/mol. The number of anilines is 2. The van der Waals surface area contributed by atoms with Crippen LogP contribution in [0.3, 0.4) is 0 Å². The Bertz CT molecular complexity index is 667. The van der Waals surface area contributed by atoms with Crippen molar-refractivity contribution in [3.8, 4) is 0 Å². The second-order valence-corrected chi connectivity index (χ2v) is 5.54. The highest BCUT2D eigenvalue weighted by Gasteiger charge is 2.05. The Labute approximate surface area is 131 Å². The minimum Gasteiger partial charge on any atom is -0.363 e. The van der Waals surface area contributed by atoms with Gasteiger partial charge in [0.05, 0.1) is 0 Å². The lowest BCUT2D eigenvalue weighted by Crippen LogP contribution is -2.28. The summed E-state index contributed by atoms with van der Waals surface area (Å²) in [5.74, 6) is 0.870. The van der Waals surface area contributed by atoms with Crippen LogP contribution in [0.15, 0.2) is 36.5 Å². The number of hydrogen-bond donors (Lipinski definition) is 2. The lowest BCUT2D eigenvalue weighted by molar-refractivity contribution is 0.251. The number of carbonyl (C=O) groups is 1. The highest BCUT2D eigenvalue weighted by molar-refractivity contribution is 5.90. The smallest absolute Gasteiger partial charge is 0.319 e. The van der Waals surface area contributed by atoms with Crippen LogP contribution in [-0.2, 0) is 6.54 Å². The molecule has 0 atom stereocenters. The summed E-state index contributed by atoms with van der Waals surface area (Å²) in [6.07, 6.45) is 1.74. The van der Waals surface area contributed by atoms with E-state index in [-0.39, 0.29) is 6.03 Å². The highest BCUT2D eigenvalue weighted by Crippen LogP contribution is 2.16. The molecule has 0 radical (unpaired) electrons. The Hall–Kier alpha value is -2.56. The molecule has 22 heavy (non-hydrogen) atoms. The molecule has 0 saturated carbocycles. The van der Waals surface area contributed by atoms with E-state index in [1.54, 1.807) is 6.20 Å². The van der Waals surface area contributed by atoms with Crippen LogP contribution in [0.5, 0.6) is 0 Å². The third-order valence-corrected chi connectivity index (χ3v) is 3.35.